The van der Waals surface area contributed by atoms with Crippen molar-refractivity contribution in [3.8, 4) is 11.3 Å². The molecule has 186 valence electrons. The van der Waals surface area contributed by atoms with E-state index in [9.17, 15) is 9.59 Å². The summed E-state index contributed by atoms with van der Waals surface area (Å²) in [4.78, 5) is 29.8. The molecule has 6 rings (SSSR count). The zero-order chi connectivity index (χ0) is 26.2. The zero-order valence-corrected chi connectivity index (χ0v) is 22.7. The second-order valence-electron chi connectivity index (χ2n) is 8.66. The highest BCUT2D eigenvalue weighted by molar-refractivity contribution is 14.1. The maximum Gasteiger partial charge on any atom is 0.252 e. The van der Waals surface area contributed by atoms with E-state index >= 15 is 0 Å². The van der Waals surface area contributed by atoms with Crippen LogP contribution in [0, 0.1) is 3.57 Å². The Balaban J connectivity index is 1.30. The number of carbonyl (C=O) groups excluding carboxylic acids is 2. The van der Waals surface area contributed by atoms with E-state index in [1.165, 1.54) is 0 Å². The van der Waals surface area contributed by atoms with Crippen molar-refractivity contribution in [1.82, 2.24) is 19.9 Å². The van der Waals surface area contributed by atoms with E-state index in [2.05, 4.69) is 33.2 Å². The van der Waals surface area contributed by atoms with Crippen molar-refractivity contribution in [2.45, 2.75) is 0 Å². The largest absolute Gasteiger partial charge is 0.343 e. The van der Waals surface area contributed by atoms with Gasteiger partial charge in [-0.1, -0.05) is 60.1 Å². The van der Waals surface area contributed by atoms with Gasteiger partial charge in [0, 0.05) is 30.6 Å². The number of nitrogens with one attached hydrogen (secondary N) is 2. The summed E-state index contributed by atoms with van der Waals surface area (Å²) in [6, 6.07) is 28.3. The number of aromatic nitrogens is 3. The van der Waals surface area contributed by atoms with Crippen molar-refractivity contribution in [3.05, 3.63) is 105 Å². The van der Waals surface area contributed by atoms with Gasteiger partial charge in [-0.2, -0.15) is 5.10 Å². The summed E-state index contributed by atoms with van der Waals surface area (Å²) in [7, 11) is 0. The lowest BCUT2D eigenvalue weighted by molar-refractivity contribution is -0.115. The quantitative estimate of drug-likeness (QED) is 0.218. The van der Waals surface area contributed by atoms with Crippen LogP contribution < -0.4 is 10.6 Å². The SMILES string of the molecule is O=C(CNC(=O)c1ccccc1I)Nc1ccc2c(c1)nc1c3ccccc3c(-c3ccc(Cl)cc3)nn21. The highest BCUT2D eigenvalue weighted by Crippen LogP contribution is 2.32. The summed E-state index contributed by atoms with van der Waals surface area (Å²) < 4.78 is 2.65. The number of benzene rings is 4. The number of rotatable bonds is 5. The first-order valence-electron chi connectivity index (χ1n) is 11.8. The molecule has 0 fully saturated rings. The van der Waals surface area contributed by atoms with Crippen LogP contribution in [0.15, 0.2) is 91.0 Å². The van der Waals surface area contributed by atoms with Gasteiger partial charge in [-0.05, 0) is 65.1 Å². The first-order chi connectivity index (χ1) is 18.5. The summed E-state index contributed by atoms with van der Waals surface area (Å²) >= 11 is 8.20. The number of fused-ring (bicyclic) bond motifs is 5. The third kappa shape index (κ3) is 4.57. The van der Waals surface area contributed by atoms with E-state index in [1.807, 2.05) is 71.2 Å². The fraction of sp³-hybridized carbons (Fsp3) is 0.0345. The number of carbonyl (C=O) groups is 2. The van der Waals surface area contributed by atoms with Gasteiger partial charge in [0.05, 0.1) is 28.8 Å². The number of halogens is 2. The Kier molecular flexibility index (Phi) is 6.42. The first kappa shape index (κ1) is 24.3. The highest BCUT2D eigenvalue weighted by atomic mass is 127. The van der Waals surface area contributed by atoms with E-state index in [0.717, 1.165) is 36.8 Å². The molecule has 0 radical (unpaired) electrons. The minimum absolute atomic E-state index is 0.149. The molecule has 7 nitrogen and oxygen atoms in total. The van der Waals surface area contributed by atoms with E-state index < -0.39 is 0 Å². The van der Waals surface area contributed by atoms with Crippen LogP contribution in [0.4, 0.5) is 5.69 Å². The molecule has 0 bridgehead atoms. The topological polar surface area (TPSA) is 88.4 Å². The predicted molar refractivity (Wildman–Crippen MR) is 159 cm³/mol. The fourth-order valence-electron chi connectivity index (χ4n) is 4.39. The number of imidazole rings is 1. The molecule has 0 aliphatic rings. The molecule has 6 aromatic rings. The average Bonchev–Trinajstić information content (AvgIpc) is 3.30. The molecule has 0 aliphatic heterocycles. The molecule has 0 aliphatic carbocycles. The van der Waals surface area contributed by atoms with Crippen molar-refractivity contribution in [2.24, 2.45) is 0 Å². The van der Waals surface area contributed by atoms with Crippen LogP contribution in [0.5, 0.6) is 0 Å². The Morgan fingerprint density at radius 3 is 2.42 bits per heavy atom. The smallest absolute Gasteiger partial charge is 0.252 e. The van der Waals surface area contributed by atoms with E-state index in [0.29, 0.717) is 21.8 Å². The lowest BCUT2D eigenvalue weighted by Crippen LogP contribution is -2.33. The van der Waals surface area contributed by atoms with Gasteiger partial charge in [0.25, 0.3) is 5.91 Å². The van der Waals surface area contributed by atoms with Crippen LogP contribution in [-0.4, -0.2) is 33.0 Å². The number of nitrogens with zero attached hydrogens (tertiary/aromatic N) is 3. The third-order valence-corrected chi connectivity index (χ3v) is 7.38. The Bertz CT molecular complexity index is 1870. The summed E-state index contributed by atoms with van der Waals surface area (Å²) in [6.07, 6.45) is 0. The fourth-order valence-corrected chi connectivity index (χ4v) is 5.15. The molecule has 9 heteroatoms. The highest BCUT2D eigenvalue weighted by Gasteiger charge is 2.16. The molecule has 0 unspecified atom stereocenters. The van der Waals surface area contributed by atoms with Gasteiger partial charge < -0.3 is 10.6 Å². The second kappa shape index (κ2) is 10.0. The lowest BCUT2D eigenvalue weighted by Gasteiger charge is -2.09. The first-order valence-corrected chi connectivity index (χ1v) is 13.2. The predicted octanol–water partition coefficient (Wildman–Crippen LogP) is 6.33. The summed E-state index contributed by atoms with van der Waals surface area (Å²) in [5.41, 5.74) is 5.11. The van der Waals surface area contributed by atoms with Crippen molar-refractivity contribution in [1.29, 1.82) is 0 Å². The minimum Gasteiger partial charge on any atom is -0.343 e. The number of amides is 2. The van der Waals surface area contributed by atoms with Crippen molar-refractivity contribution < 1.29 is 9.59 Å². The Labute approximate surface area is 236 Å². The number of anilines is 1. The van der Waals surface area contributed by atoms with Crippen molar-refractivity contribution in [2.75, 3.05) is 11.9 Å². The Hall–Kier alpha value is -4.02. The van der Waals surface area contributed by atoms with E-state index in [4.69, 9.17) is 21.7 Å². The molecular formula is C29H19ClIN5O2. The minimum atomic E-state index is -0.332. The Morgan fingerprint density at radius 2 is 1.63 bits per heavy atom. The molecule has 2 aromatic heterocycles. The van der Waals surface area contributed by atoms with Crippen LogP contribution in [-0.2, 0) is 4.79 Å². The lowest BCUT2D eigenvalue weighted by atomic mass is 10.1. The van der Waals surface area contributed by atoms with Gasteiger partial charge in [0.1, 0.15) is 0 Å². The molecule has 0 saturated heterocycles. The summed E-state index contributed by atoms with van der Waals surface area (Å²) in [6.45, 7) is -0.149. The van der Waals surface area contributed by atoms with Gasteiger partial charge in [0.2, 0.25) is 5.91 Å². The molecule has 2 heterocycles. The van der Waals surface area contributed by atoms with Gasteiger partial charge in [-0.15, -0.1) is 0 Å². The Morgan fingerprint density at radius 1 is 0.895 bits per heavy atom. The maximum absolute atomic E-state index is 12.6. The molecule has 4 aromatic carbocycles. The molecule has 0 atom stereocenters. The van der Waals surface area contributed by atoms with Gasteiger partial charge in [0.15, 0.2) is 5.65 Å². The van der Waals surface area contributed by atoms with Crippen molar-refractivity contribution in [3.63, 3.8) is 0 Å². The molecule has 38 heavy (non-hydrogen) atoms. The van der Waals surface area contributed by atoms with E-state index in [-0.39, 0.29) is 18.4 Å². The molecule has 0 spiro atoms. The summed E-state index contributed by atoms with van der Waals surface area (Å²) in [5, 5.41) is 13.1. The van der Waals surface area contributed by atoms with Crippen molar-refractivity contribution >= 4 is 79.1 Å². The summed E-state index contributed by atoms with van der Waals surface area (Å²) in [5.74, 6) is -0.628. The van der Waals surface area contributed by atoms with Crippen LogP contribution in [0.2, 0.25) is 5.02 Å². The standard InChI is InChI=1S/C29H19ClIN5O2/c30-18-11-9-17(10-12-18)27-20-5-1-2-6-21(20)28-34-24-15-19(13-14-25(24)36(28)35-27)33-26(37)16-32-29(38)22-7-3-4-8-23(22)31/h1-15H,16H2,(H,32,38)(H,33,37). The van der Waals surface area contributed by atoms with Gasteiger partial charge in [-0.3, -0.25) is 9.59 Å². The second-order valence-corrected chi connectivity index (χ2v) is 10.3. The third-order valence-electron chi connectivity index (χ3n) is 6.18. The maximum atomic E-state index is 12.6. The average molecular weight is 632 g/mol. The normalized spacial score (nSPS) is 11.2. The van der Waals surface area contributed by atoms with Crippen LogP contribution in [0.3, 0.4) is 0 Å². The number of hydrogen-bond donors (Lipinski definition) is 2. The monoisotopic (exact) mass is 631 g/mol. The zero-order valence-electron chi connectivity index (χ0n) is 19.8. The van der Waals surface area contributed by atoms with Crippen LogP contribution >= 0.6 is 34.2 Å². The molecule has 2 amide bonds. The van der Waals surface area contributed by atoms with Crippen LogP contribution in [0.25, 0.3) is 38.7 Å². The van der Waals surface area contributed by atoms with Crippen LogP contribution in [0.1, 0.15) is 10.4 Å². The van der Waals surface area contributed by atoms with Gasteiger partial charge >= 0.3 is 0 Å². The number of hydrogen-bond acceptors (Lipinski definition) is 4. The van der Waals surface area contributed by atoms with E-state index in [1.54, 1.807) is 24.3 Å². The molecule has 0 saturated carbocycles. The van der Waals surface area contributed by atoms with Gasteiger partial charge in [-0.25, -0.2) is 9.50 Å². The molecular weight excluding hydrogens is 613 g/mol. The molecule has 2 N–H and O–H groups in total.